The molecular formula is C9H17NS3. The third kappa shape index (κ3) is 3.94. The van der Waals surface area contributed by atoms with Gasteiger partial charge in [-0.05, 0) is 12.8 Å². The van der Waals surface area contributed by atoms with Crippen LogP contribution >= 0.6 is 35.3 Å². The Morgan fingerprint density at radius 3 is 1.85 bits per heavy atom. The highest BCUT2D eigenvalue weighted by atomic mass is 32.2. The summed E-state index contributed by atoms with van der Waals surface area (Å²) in [5, 5.41) is 0. The standard InChI is InChI=1S/C9H17NS3/c1-2-9(1)10-7-12-5-3-11-4-6-13-8-10/h9H,1-8H2. The summed E-state index contributed by atoms with van der Waals surface area (Å²) in [5.74, 6) is 7.95. The zero-order valence-corrected chi connectivity index (χ0v) is 10.4. The fourth-order valence-corrected chi connectivity index (χ4v) is 4.93. The van der Waals surface area contributed by atoms with Gasteiger partial charge in [0.05, 0.1) is 0 Å². The van der Waals surface area contributed by atoms with Crippen LogP contribution in [0.4, 0.5) is 0 Å². The van der Waals surface area contributed by atoms with Gasteiger partial charge in [-0.15, -0.1) is 23.5 Å². The SMILES string of the molecule is C1CSCN(C2CC2)CSCCS1. The van der Waals surface area contributed by atoms with Crippen LogP contribution in [0.2, 0.25) is 0 Å². The lowest BCUT2D eigenvalue weighted by atomic mass is 10.6. The zero-order chi connectivity index (χ0) is 8.93. The summed E-state index contributed by atoms with van der Waals surface area (Å²) in [6, 6.07) is 0.951. The van der Waals surface area contributed by atoms with E-state index in [1.165, 1.54) is 47.6 Å². The molecule has 0 aromatic heterocycles. The molecule has 2 fully saturated rings. The fraction of sp³-hybridized carbons (Fsp3) is 1.00. The molecule has 0 aromatic rings. The molecule has 13 heavy (non-hydrogen) atoms. The van der Waals surface area contributed by atoms with Crippen molar-refractivity contribution >= 4 is 35.3 Å². The Kier molecular flexibility index (Phi) is 4.68. The Labute approximate surface area is 93.8 Å². The summed E-state index contributed by atoms with van der Waals surface area (Å²) < 4.78 is 0. The van der Waals surface area contributed by atoms with Crippen LogP contribution in [0.5, 0.6) is 0 Å². The minimum atomic E-state index is 0.951. The highest BCUT2D eigenvalue weighted by Crippen LogP contribution is 2.30. The zero-order valence-electron chi connectivity index (χ0n) is 7.91. The Morgan fingerprint density at radius 1 is 0.769 bits per heavy atom. The Bertz CT molecular complexity index is 140. The predicted molar refractivity (Wildman–Crippen MR) is 66.8 cm³/mol. The topological polar surface area (TPSA) is 3.24 Å². The summed E-state index contributed by atoms with van der Waals surface area (Å²) in [7, 11) is 0. The summed E-state index contributed by atoms with van der Waals surface area (Å²) in [5.41, 5.74) is 0. The molecule has 0 N–H and O–H groups in total. The van der Waals surface area contributed by atoms with Crippen LogP contribution in [-0.2, 0) is 0 Å². The summed E-state index contributed by atoms with van der Waals surface area (Å²) in [6.07, 6.45) is 2.91. The van der Waals surface area contributed by atoms with Crippen molar-refractivity contribution in [1.29, 1.82) is 0 Å². The van der Waals surface area contributed by atoms with Crippen molar-refractivity contribution in [3.63, 3.8) is 0 Å². The summed E-state index contributed by atoms with van der Waals surface area (Å²) >= 11 is 6.36. The molecule has 4 heteroatoms. The monoisotopic (exact) mass is 235 g/mol. The van der Waals surface area contributed by atoms with Crippen LogP contribution in [0.1, 0.15) is 12.8 Å². The van der Waals surface area contributed by atoms with Crippen molar-refractivity contribution in [1.82, 2.24) is 4.90 Å². The van der Waals surface area contributed by atoms with Crippen LogP contribution in [0, 0.1) is 0 Å². The third-order valence-corrected chi connectivity index (χ3v) is 5.84. The van der Waals surface area contributed by atoms with Crippen LogP contribution in [0.15, 0.2) is 0 Å². The molecule has 2 aliphatic rings. The number of hydrogen-bond donors (Lipinski definition) is 0. The third-order valence-electron chi connectivity index (χ3n) is 2.32. The van der Waals surface area contributed by atoms with Gasteiger partial charge in [0.2, 0.25) is 0 Å². The van der Waals surface area contributed by atoms with E-state index < -0.39 is 0 Å². The normalized spacial score (nSPS) is 28.6. The molecule has 0 amide bonds. The van der Waals surface area contributed by atoms with Crippen molar-refractivity contribution in [3.05, 3.63) is 0 Å². The first-order valence-corrected chi connectivity index (χ1v) is 8.40. The maximum atomic E-state index is 2.67. The average molecular weight is 235 g/mol. The second-order valence-electron chi connectivity index (χ2n) is 3.51. The van der Waals surface area contributed by atoms with Crippen molar-refractivity contribution in [2.24, 2.45) is 0 Å². The van der Waals surface area contributed by atoms with E-state index in [1.54, 1.807) is 0 Å². The van der Waals surface area contributed by atoms with E-state index in [4.69, 9.17) is 0 Å². The van der Waals surface area contributed by atoms with Crippen molar-refractivity contribution in [3.8, 4) is 0 Å². The molecule has 76 valence electrons. The Morgan fingerprint density at radius 2 is 1.31 bits per heavy atom. The minimum Gasteiger partial charge on any atom is -0.282 e. The molecule has 0 radical (unpaired) electrons. The van der Waals surface area contributed by atoms with Crippen LogP contribution in [-0.4, -0.2) is 45.7 Å². The molecule has 0 aromatic carbocycles. The average Bonchev–Trinajstić information content (AvgIpc) is 2.97. The van der Waals surface area contributed by atoms with E-state index in [0.717, 1.165) is 6.04 Å². The van der Waals surface area contributed by atoms with Gasteiger partial charge in [0.25, 0.3) is 0 Å². The highest BCUT2D eigenvalue weighted by Gasteiger charge is 2.28. The number of rotatable bonds is 1. The number of thioether (sulfide) groups is 3. The quantitative estimate of drug-likeness (QED) is 0.687. The Hall–Kier alpha value is 1.01. The van der Waals surface area contributed by atoms with Gasteiger partial charge in [0.15, 0.2) is 0 Å². The lowest BCUT2D eigenvalue weighted by Crippen LogP contribution is -2.26. The number of hydrogen-bond acceptors (Lipinski definition) is 4. The van der Waals surface area contributed by atoms with Crippen molar-refractivity contribution < 1.29 is 0 Å². The van der Waals surface area contributed by atoms with Gasteiger partial charge in [-0.2, -0.15) is 11.8 Å². The van der Waals surface area contributed by atoms with Gasteiger partial charge in [-0.25, -0.2) is 0 Å². The first kappa shape index (κ1) is 10.5. The molecule has 1 nitrogen and oxygen atoms in total. The first-order chi connectivity index (χ1) is 6.47. The lowest BCUT2D eigenvalue weighted by Gasteiger charge is -2.21. The molecule has 0 spiro atoms. The van der Waals surface area contributed by atoms with E-state index >= 15 is 0 Å². The lowest BCUT2D eigenvalue weighted by molar-refractivity contribution is 0.367. The largest absolute Gasteiger partial charge is 0.282 e. The molecular weight excluding hydrogens is 218 g/mol. The maximum Gasteiger partial charge on any atom is 0.0455 e. The van der Waals surface area contributed by atoms with E-state index in [1.807, 2.05) is 0 Å². The van der Waals surface area contributed by atoms with E-state index in [2.05, 4.69) is 40.2 Å². The van der Waals surface area contributed by atoms with Crippen LogP contribution < -0.4 is 0 Å². The van der Waals surface area contributed by atoms with Gasteiger partial charge < -0.3 is 0 Å². The molecule has 1 saturated carbocycles. The molecule has 1 aliphatic carbocycles. The van der Waals surface area contributed by atoms with E-state index in [9.17, 15) is 0 Å². The van der Waals surface area contributed by atoms with Crippen LogP contribution in [0.3, 0.4) is 0 Å². The molecule has 0 bridgehead atoms. The van der Waals surface area contributed by atoms with Gasteiger partial charge in [-0.3, -0.25) is 4.90 Å². The molecule has 0 atom stereocenters. The van der Waals surface area contributed by atoms with E-state index in [-0.39, 0.29) is 0 Å². The minimum absolute atomic E-state index is 0.951. The number of nitrogens with zero attached hydrogens (tertiary/aromatic N) is 1. The molecule has 1 saturated heterocycles. The van der Waals surface area contributed by atoms with Gasteiger partial charge in [0.1, 0.15) is 0 Å². The second-order valence-corrected chi connectivity index (χ2v) is 6.88. The van der Waals surface area contributed by atoms with Gasteiger partial charge in [0, 0.05) is 40.8 Å². The van der Waals surface area contributed by atoms with Gasteiger partial charge in [-0.1, -0.05) is 0 Å². The molecule has 1 aliphatic heterocycles. The van der Waals surface area contributed by atoms with E-state index in [0.29, 0.717) is 0 Å². The van der Waals surface area contributed by atoms with Crippen molar-refractivity contribution in [2.45, 2.75) is 18.9 Å². The van der Waals surface area contributed by atoms with Crippen LogP contribution in [0.25, 0.3) is 0 Å². The second kappa shape index (κ2) is 5.79. The highest BCUT2D eigenvalue weighted by molar-refractivity contribution is 8.04. The molecule has 0 unspecified atom stereocenters. The maximum absolute atomic E-state index is 2.67. The Balaban J connectivity index is 1.72. The smallest absolute Gasteiger partial charge is 0.0455 e. The molecule has 2 rings (SSSR count). The predicted octanol–water partition coefficient (Wildman–Crippen LogP) is 2.58. The van der Waals surface area contributed by atoms with Gasteiger partial charge >= 0.3 is 0 Å². The molecule has 1 heterocycles. The fourth-order valence-electron chi connectivity index (χ4n) is 1.39. The summed E-state index contributed by atoms with van der Waals surface area (Å²) in [4.78, 5) is 2.67. The summed E-state index contributed by atoms with van der Waals surface area (Å²) in [6.45, 7) is 0. The first-order valence-electron chi connectivity index (χ1n) is 4.94. The van der Waals surface area contributed by atoms with Crippen molar-refractivity contribution in [2.75, 3.05) is 34.8 Å².